The van der Waals surface area contributed by atoms with E-state index in [9.17, 15) is 0 Å². The smallest absolute Gasteiger partial charge is 0.111 e. The number of para-hydroxylation sites is 2. The number of rotatable bonds is 4. The second-order valence-corrected chi connectivity index (χ2v) is 5.76. The molecule has 2 heterocycles. The van der Waals surface area contributed by atoms with Crippen molar-refractivity contribution in [1.82, 2.24) is 9.55 Å². The fourth-order valence-corrected chi connectivity index (χ4v) is 3.03. The molecule has 0 bridgehead atoms. The maximum atomic E-state index is 6.29. The van der Waals surface area contributed by atoms with E-state index in [-0.39, 0.29) is 6.04 Å². The summed E-state index contributed by atoms with van der Waals surface area (Å²) >= 11 is 0. The summed E-state index contributed by atoms with van der Waals surface area (Å²) in [5.41, 5.74) is 8.51. The third kappa shape index (κ3) is 2.86. The molecule has 2 unspecified atom stereocenters. The van der Waals surface area contributed by atoms with Crippen LogP contribution in [-0.4, -0.2) is 28.3 Å². The first kappa shape index (κ1) is 13.6. The molecule has 3 rings (SSSR count). The molecule has 4 nitrogen and oxygen atoms in total. The Balaban J connectivity index is 1.67. The van der Waals surface area contributed by atoms with Crippen LogP contribution in [0.4, 0.5) is 0 Å². The third-order valence-corrected chi connectivity index (χ3v) is 4.16. The van der Waals surface area contributed by atoms with Gasteiger partial charge in [0.05, 0.1) is 17.1 Å². The van der Waals surface area contributed by atoms with E-state index in [0.29, 0.717) is 6.10 Å². The standard InChI is InChI=1S/C16H23N3O/c1-19-15-8-3-2-7-14(15)18-16(19)11-12(17)10-13-6-4-5-9-20-13/h2-3,7-8,12-13H,4-6,9-11,17H2,1H3. The zero-order valence-electron chi connectivity index (χ0n) is 12.1. The third-order valence-electron chi connectivity index (χ3n) is 4.16. The van der Waals surface area contributed by atoms with Gasteiger partial charge < -0.3 is 15.0 Å². The largest absolute Gasteiger partial charge is 0.378 e. The van der Waals surface area contributed by atoms with Crippen LogP contribution in [0.2, 0.25) is 0 Å². The average Bonchev–Trinajstić information content (AvgIpc) is 2.77. The van der Waals surface area contributed by atoms with Crippen molar-refractivity contribution in [1.29, 1.82) is 0 Å². The van der Waals surface area contributed by atoms with Crippen LogP contribution < -0.4 is 5.73 Å². The van der Waals surface area contributed by atoms with Crippen LogP contribution in [0.1, 0.15) is 31.5 Å². The number of aryl methyl sites for hydroxylation is 1. The zero-order valence-corrected chi connectivity index (χ0v) is 12.1. The number of nitrogens with zero attached hydrogens (tertiary/aromatic N) is 2. The summed E-state index contributed by atoms with van der Waals surface area (Å²) in [5.74, 6) is 1.06. The molecule has 0 amide bonds. The molecule has 2 N–H and O–H groups in total. The number of fused-ring (bicyclic) bond motifs is 1. The second-order valence-electron chi connectivity index (χ2n) is 5.76. The first-order chi connectivity index (χ1) is 9.74. The molecule has 2 aromatic rings. The van der Waals surface area contributed by atoms with Crippen molar-refractivity contribution < 1.29 is 4.74 Å². The predicted octanol–water partition coefficient (Wildman–Crippen LogP) is 2.40. The van der Waals surface area contributed by atoms with Crippen LogP contribution in [0.25, 0.3) is 11.0 Å². The molecule has 4 heteroatoms. The molecule has 0 aliphatic carbocycles. The summed E-state index contributed by atoms with van der Waals surface area (Å²) < 4.78 is 7.92. The Morgan fingerprint density at radius 3 is 3.00 bits per heavy atom. The van der Waals surface area contributed by atoms with Gasteiger partial charge in [-0.15, -0.1) is 0 Å². The molecule has 108 valence electrons. The van der Waals surface area contributed by atoms with Gasteiger partial charge in [0.15, 0.2) is 0 Å². The summed E-state index contributed by atoms with van der Waals surface area (Å²) in [7, 11) is 2.06. The number of hydrogen-bond acceptors (Lipinski definition) is 3. The van der Waals surface area contributed by atoms with Crippen molar-refractivity contribution in [3.63, 3.8) is 0 Å². The van der Waals surface area contributed by atoms with Gasteiger partial charge in [-0.25, -0.2) is 4.98 Å². The van der Waals surface area contributed by atoms with Gasteiger partial charge in [-0.05, 0) is 37.8 Å². The maximum absolute atomic E-state index is 6.29. The predicted molar refractivity (Wildman–Crippen MR) is 80.6 cm³/mol. The molecule has 1 aromatic carbocycles. The van der Waals surface area contributed by atoms with Gasteiger partial charge in [0.2, 0.25) is 0 Å². The van der Waals surface area contributed by atoms with E-state index < -0.39 is 0 Å². The minimum Gasteiger partial charge on any atom is -0.378 e. The van der Waals surface area contributed by atoms with Gasteiger partial charge in [0.25, 0.3) is 0 Å². The monoisotopic (exact) mass is 273 g/mol. The molecule has 1 saturated heterocycles. The van der Waals surface area contributed by atoms with Crippen LogP contribution in [0, 0.1) is 0 Å². The topological polar surface area (TPSA) is 53.1 Å². The molecule has 1 aliphatic rings. The zero-order chi connectivity index (χ0) is 13.9. The van der Waals surface area contributed by atoms with Gasteiger partial charge in [0, 0.05) is 26.1 Å². The summed E-state index contributed by atoms with van der Waals surface area (Å²) in [4.78, 5) is 4.69. The lowest BCUT2D eigenvalue weighted by Gasteiger charge is -2.25. The highest BCUT2D eigenvalue weighted by molar-refractivity contribution is 5.75. The van der Waals surface area contributed by atoms with Crippen LogP contribution >= 0.6 is 0 Å². The lowest BCUT2D eigenvalue weighted by atomic mass is 10.0. The second kappa shape index (κ2) is 5.94. The Hall–Kier alpha value is -1.39. The van der Waals surface area contributed by atoms with Crippen molar-refractivity contribution in [2.45, 2.75) is 44.2 Å². The Labute approximate surface area is 119 Å². The van der Waals surface area contributed by atoms with Crippen molar-refractivity contribution in [2.75, 3.05) is 6.61 Å². The van der Waals surface area contributed by atoms with Crippen molar-refractivity contribution >= 4 is 11.0 Å². The first-order valence-electron chi connectivity index (χ1n) is 7.51. The normalized spacial score (nSPS) is 21.2. The Morgan fingerprint density at radius 1 is 1.40 bits per heavy atom. The molecular weight excluding hydrogens is 250 g/mol. The van der Waals surface area contributed by atoms with Crippen LogP contribution in [0.5, 0.6) is 0 Å². The van der Waals surface area contributed by atoms with E-state index in [1.54, 1.807) is 0 Å². The van der Waals surface area contributed by atoms with E-state index in [4.69, 9.17) is 10.5 Å². The average molecular weight is 273 g/mol. The van der Waals surface area contributed by atoms with Crippen LogP contribution in [-0.2, 0) is 18.2 Å². The van der Waals surface area contributed by atoms with Gasteiger partial charge in [-0.1, -0.05) is 12.1 Å². The van der Waals surface area contributed by atoms with Crippen molar-refractivity contribution in [3.8, 4) is 0 Å². The SMILES string of the molecule is Cn1c(CC(N)CC2CCCCO2)nc2ccccc21. The molecule has 1 aromatic heterocycles. The Bertz CT molecular complexity index is 572. The molecular formula is C16H23N3O. The van der Waals surface area contributed by atoms with Gasteiger partial charge >= 0.3 is 0 Å². The molecule has 20 heavy (non-hydrogen) atoms. The lowest BCUT2D eigenvalue weighted by Crippen LogP contribution is -2.32. The first-order valence-corrected chi connectivity index (χ1v) is 7.51. The number of nitrogens with two attached hydrogens (primary N) is 1. The highest BCUT2D eigenvalue weighted by Gasteiger charge is 2.19. The summed E-state index contributed by atoms with van der Waals surface area (Å²) in [6.07, 6.45) is 5.69. The van der Waals surface area contributed by atoms with E-state index in [2.05, 4.69) is 28.7 Å². The number of hydrogen-bond donors (Lipinski definition) is 1. The summed E-state index contributed by atoms with van der Waals surface area (Å²) in [6.45, 7) is 0.893. The van der Waals surface area contributed by atoms with E-state index in [1.165, 1.54) is 18.4 Å². The number of aromatic nitrogens is 2. The highest BCUT2D eigenvalue weighted by atomic mass is 16.5. The number of benzene rings is 1. The molecule has 1 fully saturated rings. The van der Waals surface area contributed by atoms with Gasteiger partial charge in [0.1, 0.15) is 5.82 Å². The van der Waals surface area contributed by atoms with E-state index >= 15 is 0 Å². The maximum Gasteiger partial charge on any atom is 0.111 e. The molecule has 0 saturated carbocycles. The molecule has 0 spiro atoms. The van der Waals surface area contributed by atoms with Crippen molar-refractivity contribution in [3.05, 3.63) is 30.1 Å². The lowest BCUT2D eigenvalue weighted by molar-refractivity contribution is 0.00736. The van der Waals surface area contributed by atoms with Crippen molar-refractivity contribution in [2.24, 2.45) is 12.8 Å². The summed E-state index contributed by atoms with van der Waals surface area (Å²) in [5, 5.41) is 0. The van der Waals surface area contributed by atoms with Crippen LogP contribution in [0.3, 0.4) is 0 Å². The minimum absolute atomic E-state index is 0.119. The Kier molecular flexibility index (Phi) is 4.03. The van der Waals surface area contributed by atoms with Gasteiger partial charge in [-0.3, -0.25) is 0 Å². The van der Waals surface area contributed by atoms with Crippen LogP contribution in [0.15, 0.2) is 24.3 Å². The van der Waals surface area contributed by atoms with Gasteiger partial charge in [-0.2, -0.15) is 0 Å². The molecule has 0 radical (unpaired) electrons. The summed E-state index contributed by atoms with van der Waals surface area (Å²) in [6, 6.07) is 8.34. The highest BCUT2D eigenvalue weighted by Crippen LogP contribution is 2.19. The van der Waals surface area contributed by atoms with E-state index in [1.807, 2.05) is 12.1 Å². The fourth-order valence-electron chi connectivity index (χ4n) is 3.03. The quantitative estimate of drug-likeness (QED) is 0.930. The number of imidazole rings is 1. The Morgan fingerprint density at radius 2 is 2.25 bits per heavy atom. The molecule has 2 atom stereocenters. The van der Waals surface area contributed by atoms with E-state index in [0.717, 1.165) is 37.2 Å². The number of ether oxygens (including phenoxy) is 1. The minimum atomic E-state index is 0.119. The fraction of sp³-hybridized carbons (Fsp3) is 0.562. The molecule has 1 aliphatic heterocycles.